The van der Waals surface area contributed by atoms with E-state index in [0.717, 1.165) is 11.1 Å². The second-order valence-electron chi connectivity index (χ2n) is 5.30. The summed E-state index contributed by atoms with van der Waals surface area (Å²) >= 11 is 0. The van der Waals surface area contributed by atoms with Crippen LogP contribution >= 0.6 is 0 Å². The molecule has 0 aromatic heterocycles. The molecule has 2 aromatic rings. The first kappa shape index (κ1) is 15.2. The Morgan fingerprint density at radius 3 is 2.78 bits per heavy atom. The molecule has 0 bridgehead atoms. The van der Waals surface area contributed by atoms with Crippen LogP contribution in [0, 0.1) is 0 Å². The number of esters is 1. The zero-order chi connectivity index (χ0) is 16.4. The van der Waals surface area contributed by atoms with Gasteiger partial charge in [-0.2, -0.15) is 0 Å². The van der Waals surface area contributed by atoms with Crippen molar-refractivity contribution in [2.24, 2.45) is 0 Å². The van der Waals surface area contributed by atoms with E-state index in [-0.39, 0.29) is 24.1 Å². The van der Waals surface area contributed by atoms with Crippen LogP contribution in [-0.2, 0) is 4.79 Å². The van der Waals surface area contributed by atoms with Crippen molar-refractivity contribution in [2.75, 3.05) is 13.7 Å². The van der Waals surface area contributed by atoms with Gasteiger partial charge in [0.05, 0.1) is 20.1 Å². The third-order valence-electron chi connectivity index (χ3n) is 3.86. The Balaban J connectivity index is 2.03. The topological polar surface area (TPSA) is 65.0 Å². The Hall–Kier alpha value is -2.69. The fraction of sp³-hybridized carbons (Fsp3) is 0.278. The SMILES string of the molecule is CCOc1ccc(C2CC(=O)Oc3cc(O)ccc32)cc1OC. The fourth-order valence-electron chi connectivity index (χ4n) is 2.81. The molecule has 2 aromatic carbocycles. The molecule has 0 radical (unpaired) electrons. The van der Waals surface area contributed by atoms with Crippen LogP contribution in [0.4, 0.5) is 0 Å². The van der Waals surface area contributed by atoms with E-state index < -0.39 is 0 Å². The molecule has 120 valence electrons. The van der Waals surface area contributed by atoms with Crippen LogP contribution < -0.4 is 14.2 Å². The first-order chi connectivity index (χ1) is 11.1. The van der Waals surface area contributed by atoms with E-state index in [1.54, 1.807) is 19.2 Å². The molecule has 1 N–H and O–H groups in total. The lowest BCUT2D eigenvalue weighted by Crippen LogP contribution is -2.20. The molecule has 0 fully saturated rings. The molecule has 1 heterocycles. The predicted octanol–water partition coefficient (Wildman–Crippen LogP) is 3.24. The Kier molecular flexibility index (Phi) is 4.10. The monoisotopic (exact) mass is 314 g/mol. The van der Waals surface area contributed by atoms with Crippen LogP contribution in [0.1, 0.15) is 30.4 Å². The molecular formula is C18H18O5. The van der Waals surface area contributed by atoms with Gasteiger partial charge in [0.2, 0.25) is 0 Å². The molecule has 1 unspecified atom stereocenters. The van der Waals surface area contributed by atoms with E-state index >= 15 is 0 Å². The fourth-order valence-corrected chi connectivity index (χ4v) is 2.81. The lowest BCUT2D eigenvalue weighted by molar-refractivity contribution is -0.135. The van der Waals surface area contributed by atoms with Gasteiger partial charge in [-0.05, 0) is 30.7 Å². The summed E-state index contributed by atoms with van der Waals surface area (Å²) in [7, 11) is 1.59. The van der Waals surface area contributed by atoms with Crippen LogP contribution in [-0.4, -0.2) is 24.8 Å². The van der Waals surface area contributed by atoms with Crippen LogP contribution in [0.5, 0.6) is 23.0 Å². The summed E-state index contributed by atoms with van der Waals surface area (Å²) in [6, 6.07) is 10.5. The molecule has 5 nitrogen and oxygen atoms in total. The number of rotatable bonds is 4. The Morgan fingerprint density at radius 2 is 2.04 bits per heavy atom. The van der Waals surface area contributed by atoms with Gasteiger partial charge in [0.15, 0.2) is 11.5 Å². The number of ether oxygens (including phenoxy) is 3. The van der Waals surface area contributed by atoms with Crippen molar-refractivity contribution in [3.63, 3.8) is 0 Å². The zero-order valence-electron chi connectivity index (χ0n) is 13.0. The summed E-state index contributed by atoms with van der Waals surface area (Å²) in [4.78, 5) is 11.9. The Labute approximate surface area is 134 Å². The number of phenols is 1. The van der Waals surface area contributed by atoms with Crippen molar-refractivity contribution in [1.82, 2.24) is 0 Å². The first-order valence-electron chi connectivity index (χ1n) is 7.46. The number of fused-ring (bicyclic) bond motifs is 1. The molecule has 0 saturated carbocycles. The average molecular weight is 314 g/mol. The van der Waals surface area contributed by atoms with Gasteiger partial charge in [0, 0.05) is 17.5 Å². The average Bonchev–Trinajstić information content (AvgIpc) is 2.54. The summed E-state index contributed by atoms with van der Waals surface area (Å²) in [6.45, 7) is 2.46. The number of phenolic OH excluding ortho intramolecular Hbond substituents is 1. The minimum atomic E-state index is -0.319. The Morgan fingerprint density at radius 1 is 1.22 bits per heavy atom. The van der Waals surface area contributed by atoms with Crippen molar-refractivity contribution in [2.45, 2.75) is 19.3 Å². The summed E-state index contributed by atoms with van der Waals surface area (Å²) < 4.78 is 16.1. The lowest BCUT2D eigenvalue weighted by Gasteiger charge is -2.25. The standard InChI is InChI=1S/C18H18O5/c1-3-22-15-7-4-11(8-17(15)21-2)14-10-18(20)23-16-9-12(19)5-6-13(14)16/h4-9,14,19H,3,10H2,1-2H3. The highest BCUT2D eigenvalue weighted by atomic mass is 16.5. The molecule has 1 aliphatic rings. The number of carbonyl (C=O) groups excluding carboxylic acids is 1. The number of aromatic hydroxyl groups is 1. The maximum atomic E-state index is 11.9. The molecular weight excluding hydrogens is 296 g/mol. The summed E-state index contributed by atoms with van der Waals surface area (Å²) in [5.41, 5.74) is 1.81. The molecule has 23 heavy (non-hydrogen) atoms. The number of methoxy groups -OCH3 is 1. The summed E-state index contributed by atoms with van der Waals surface area (Å²) in [5.74, 6) is 1.31. The van der Waals surface area contributed by atoms with Gasteiger partial charge in [-0.15, -0.1) is 0 Å². The maximum absolute atomic E-state index is 11.9. The Bertz CT molecular complexity index is 738. The summed E-state index contributed by atoms with van der Waals surface area (Å²) in [6.07, 6.45) is 0.245. The van der Waals surface area contributed by atoms with Crippen LogP contribution in [0.3, 0.4) is 0 Å². The maximum Gasteiger partial charge on any atom is 0.312 e. The van der Waals surface area contributed by atoms with Crippen molar-refractivity contribution < 1.29 is 24.1 Å². The van der Waals surface area contributed by atoms with E-state index in [1.807, 2.05) is 25.1 Å². The molecule has 3 rings (SSSR count). The predicted molar refractivity (Wildman–Crippen MR) is 84.4 cm³/mol. The normalized spacial score (nSPS) is 16.4. The first-order valence-corrected chi connectivity index (χ1v) is 7.46. The van der Waals surface area contributed by atoms with E-state index in [9.17, 15) is 9.90 Å². The van der Waals surface area contributed by atoms with Gasteiger partial charge in [-0.3, -0.25) is 4.79 Å². The highest BCUT2D eigenvalue weighted by Gasteiger charge is 2.29. The summed E-state index contributed by atoms with van der Waals surface area (Å²) in [5, 5.41) is 9.58. The van der Waals surface area contributed by atoms with Gasteiger partial charge in [0.25, 0.3) is 0 Å². The minimum Gasteiger partial charge on any atom is -0.508 e. The molecule has 0 saturated heterocycles. The third kappa shape index (κ3) is 2.95. The van der Waals surface area contributed by atoms with Crippen molar-refractivity contribution in [3.8, 4) is 23.0 Å². The number of hydrogen-bond acceptors (Lipinski definition) is 5. The van der Waals surface area contributed by atoms with Crippen molar-refractivity contribution in [3.05, 3.63) is 47.5 Å². The zero-order valence-corrected chi connectivity index (χ0v) is 13.0. The van der Waals surface area contributed by atoms with E-state index in [1.165, 1.54) is 6.07 Å². The molecule has 1 atom stereocenters. The smallest absolute Gasteiger partial charge is 0.312 e. The van der Waals surface area contributed by atoms with Crippen LogP contribution in [0.2, 0.25) is 0 Å². The van der Waals surface area contributed by atoms with Gasteiger partial charge in [-0.1, -0.05) is 12.1 Å². The molecule has 5 heteroatoms. The number of carbonyl (C=O) groups is 1. The minimum absolute atomic E-state index is 0.0708. The third-order valence-corrected chi connectivity index (χ3v) is 3.86. The van der Waals surface area contributed by atoms with Crippen molar-refractivity contribution >= 4 is 5.97 Å². The van der Waals surface area contributed by atoms with E-state index in [4.69, 9.17) is 14.2 Å². The van der Waals surface area contributed by atoms with Gasteiger partial charge < -0.3 is 19.3 Å². The quantitative estimate of drug-likeness (QED) is 0.693. The van der Waals surface area contributed by atoms with Gasteiger partial charge >= 0.3 is 5.97 Å². The second-order valence-corrected chi connectivity index (χ2v) is 5.30. The highest BCUT2D eigenvalue weighted by molar-refractivity contribution is 5.78. The van der Waals surface area contributed by atoms with Crippen LogP contribution in [0.15, 0.2) is 36.4 Å². The molecule has 1 aliphatic heterocycles. The largest absolute Gasteiger partial charge is 0.508 e. The van der Waals surface area contributed by atoms with Gasteiger partial charge in [-0.25, -0.2) is 0 Å². The van der Waals surface area contributed by atoms with E-state index in [2.05, 4.69) is 0 Å². The molecule has 0 amide bonds. The molecule has 0 aliphatic carbocycles. The van der Waals surface area contributed by atoms with Crippen LogP contribution in [0.25, 0.3) is 0 Å². The second kappa shape index (κ2) is 6.20. The van der Waals surface area contributed by atoms with Gasteiger partial charge in [0.1, 0.15) is 11.5 Å². The number of hydrogen-bond donors (Lipinski definition) is 1. The molecule has 0 spiro atoms. The number of benzene rings is 2. The van der Waals surface area contributed by atoms with E-state index in [0.29, 0.717) is 23.9 Å². The van der Waals surface area contributed by atoms with Crippen molar-refractivity contribution in [1.29, 1.82) is 0 Å². The highest BCUT2D eigenvalue weighted by Crippen LogP contribution is 2.42. The lowest BCUT2D eigenvalue weighted by atomic mass is 9.86.